The fraction of sp³-hybridized carbons (Fsp3) is 0.333. The molecule has 0 radical (unpaired) electrons. The number of benzene rings is 1. The average molecular weight is 169 g/mol. The van der Waals surface area contributed by atoms with Crippen molar-refractivity contribution >= 4 is 0 Å². The second-order valence-corrected chi connectivity index (χ2v) is 2.39. The molecular formula is C9H12FNO. The Morgan fingerprint density at radius 2 is 2.25 bits per heavy atom. The van der Waals surface area contributed by atoms with Gasteiger partial charge >= 0.3 is 0 Å². The molecule has 1 rings (SSSR count). The summed E-state index contributed by atoms with van der Waals surface area (Å²) in [5, 5.41) is 0. The first-order valence-corrected chi connectivity index (χ1v) is 3.89. The topological polar surface area (TPSA) is 35.2 Å². The highest BCUT2D eigenvalue weighted by molar-refractivity contribution is 5.33. The van der Waals surface area contributed by atoms with Crippen LogP contribution in [0.2, 0.25) is 0 Å². The Balaban J connectivity index is 2.95. The number of ether oxygens (including phenoxy) is 1. The van der Waals surface area contributed by atoms with E-state index in [0.29, 0.717) is 18.9 Å². The number of hydrogen-bond acceptors (Lipinski definition) is 2. The van der Waals surface area contributed by atoms with Crippen molar-refractivity contribution < 1.29 is 9.13 Å². The molecule has 66 valence electrons. The first kappa shape index (κ1) is 9.00. The molecule has 0 aliphatic rings. The SMILES string of the molecule is CCOc1cc(F)ccc1CN. The van der Waals surface area contributed by atoms with E-state index in [4.69, 9.17) is 10.5 Å². The fourth-order valence-electron chi connectivity index (χ4n) is 0.987. The van der Waals surface area contributed by atoms with Crippen LogP contribution in [0.4, 0.5) is 4.39 Å². The molecule has 0 spiro atoms. The van der Waals surface area contributed by atoms with Gasteiger partial charge in [-0.1, -0.05) is 6.07 Å². The Kier molecular flexibility index (Phi) is 3.05. The van der Waals surface area contributed by atoms with Crippen LogP contribution in [0.5, 0.6) is 5.75 Å². The van der Waals surface area contributed by atoms with Gasteiger partial charge in [-0.15, -0.1) is 0 Å². The highest BCUT2D eigenvalue weighted by atomic mass is 19.1. The quantitative estimate of drug-likeness (QED) is 0.747. The van der Waals surface area contributed by atoms with Crippen molar-refractivity contribution in [1.82, 2.24) is 0 Å². The highest BCUT2D eigenvalue weighted by Gasteiger charge is 2.02. The Morgan fingerprint density at radius 1 is 1.50 bits per heavy atom. The van der Waals surface area contributed by atoms with Crippen LogP contribution in [0, 0.1) is 5.82 Å². The molecule has 0 unspecified atom stereocenters. The third-order valence-corrected chi connectivity index (χ3v) is 1.55. The molecule has 2 N–H and O–H groups in total. The molecule has 0 aliphatic heterocycles. The van der Waals surface area contributed by atoms with E-state index < -0.39 is 0 Å². The molecule has 0 saturated carbocycles. The number of hydrogen-bond donors (Lipinski definition) is 1. The van der Waals surface area contributed by atoms with Crippen LogP contribution in [0.25, 0.3) is 0 Å². The van der Waals surface area contributed by atoms with Gasteiger partial charge in [0.2, 0.25) is 0 Å². The zero-order chi connectivity index (χ0) is 8.97. The molecule has 1 aromatic carbocycles. The molecule has 0 aromatic heterocycles. The predicted octanol–water partition coefficient (Wildman–Crippen LogP) is 1.68. The minimum Gasteiger partial charge on any atom is -0.493 e. The molecule has 1 aromatic rings. The van der Waals surface area contributed by atoms with Crippen molar-refractivity contribution in [1.29, 1.82) is 0 Å². The smallest absolute Gasteiger partial charge is 0.126 e. The van der Waals surface area contributed by atoms with Crippen LogP contribution in [-0.4, -0.2) is 6.61 Å². The van der Waals surface area contributed by atoms with Crippen LogP contribution in [0.3, 0.4) is 0 Å². The van der Waals surface area contributed by atoms with Gasteiger partial charge in [-0.25, -0.2) is 4.39 Å². The maximum Gasteiger partial charge on any atom is 0.126 e. The first-order chi connectivity index (χ1) is 5.77. The lowest BCUT2D eigenvalue weighted by molar-refractivity contribution is 0.334. The summed E-state index contributed by atoms with van der Waals surface area (Å²) in [5.74, 6) is 0.246. The number of halogens is 1. The maximum atomic E-state index is 12.7. The van der Waals surface area contributed by atoms with Crippen molar-refractivity contribution in [2.75, 3.05) is 6.61 Å². The first-order valence-electron chi connectivity index (χ1n) is 3.89. The van der Waals surface area contributed by atoms with Crippen LogP contribution in [0.15, 0.2) is 18.2 Å². The number of nitrogens with two attached hydrogens (primary N) is 1. The minimum atomic E-state index is -0.296. The van der Waals surface area contributed by atoms with Crippen molar-refractivity contribution in [3.8, 4) is 5.75 Å². The largest absolute Gasteiger partial charge is 0.493 e. The molecule has 12 heavy (non-hydrogen) atoms. The summed E-state index contributed by atoms with van der Waals surface area (Å²) in [4.78, 5) is 0. The summed E-state index contributed by atoms with van der Waals surface area (Å²) in [6.45, 7) is 2.75. The van der Waals surface area contributed by atoms with E-state index in [1.165, 1.54) is 12.1 Å². The van der Waals surface area contributed by atoms with Gasteiger partial charge in [0.25, 0.3) is 0 Å². The Morgan fingerprint density at radius 3 is 2.83 bits per heavy atom. The van der Waals surface area contributed by atoms with E-state index in [0.717, 1.165) is 5.56 Å². The van der Waals surface area contributed by atoms with E-state index in [1.54, 1.807) is 6.07 Å². The summed E-state index contributed by atoms with van der Waals surface area (Å²) >= 11 is 0. The lowest BCUT2D eigenvalue weighted by Crippen LogP contribution is -2.02. The molecule has 3 heteroatoms. The molecule has 0 atom stereocenters. The molecule has 0 amide bonds. The summed E-state index contributed by atoms with van der Waals surface area (Å²) in [7, 11) is 0. The van der Waals surface area contributed by atoms with Gasteiger partial charge in [-0.05, 0) is 13.0 Å². The molecule has 2 nitrogen and oxygen atoms in total. The standard InChI is InChI=1S/C9H12FNO/c1-2-12-9-5-8(10)4-3-7(9)6-11/h3-5H,2,6,11H2,1H3. The van der Waals surface area contributed by atoms with E-state index in [1.807, 2.05) is 6.92 Å². The van der Waals surface area contributed by atoms with E-state index >= 15 is 0 Å². The molecule has 0 bridgehead atoms. The third-order valence-electron chi connectivity index (χ3n) is 1.55. The minimum absolute atomic E-state index is 0.296. The monoisotopic (exact) mass is 169 g/mol. The van der Waals surface area contributed by atoms with Crippen LogP contribution < -0.4 is 10.5 Å². The van der Waals surface area contributed by atoms with Gasteiger partial charge in [0.15, 0.2) is 0 Å². The second-order valence-electron chi connectivity index (χ2n) is 2.39. The van der Waals surface area contributed by atoms with Crippen molar-refractivity contribution in [2.45, 2.75) is 13.5 Å². The maximum absolute atomic E-state index is 12.7. The van der Waals surface area contributed by atoms with E-state index in [9.17, 15) is 4.39 Å². The second kappa shape index (κ2) is 4.07. The van der Waals surface area contributed by atoms with Gasteiger partial charge in [0.1, 0.15) is 11.6 Å². The van der Waals surface area contributed by atoms with Gasteiger partial charge < -0.3 is 10.5 Å². The fourth-order valence-corrected chi connectivity index (χ4v) is 0.987. The van der Waals surface area contributed by atoms with Gasteiger partial charge in [0, 0.05) is 18.2 Å². The predicted molar refractivity (Wildman–Crippen MR) is 45.5 cm³/mol. The van der Waals surface area contributed by atoms with Gasteiger partial charge in [0.05, 0.1) is 6.61 Å². The Labute approximate surface area is 71.1 Å². The van der Waals surface area contributed by atoms with Crippen molar-refractivity contribution in [2.24, 2.45) is 5.73 Å². The van der Waals surface area contributed by atoms with Gasteiger partial charge in [-0.3, -0.25) is 0 Å². The Hall–Kier alpha value is -1.09. The Bertz CT molecular complexity index is 263. The molecule has 0 aliphatic carbocycles. The summed E-state index contributed by atoms with van der Waals surface area (Å²) in [6.07, 6.45) is 0. The zero-order valence-corrected chi connectivity index (χ0v) is 7.01. The lowest BCUT2D eigenvalue weighted by atomic mass is 10.2. The van der Waals surface area contributed by atoms with E-state index in [2.05, 4.69) is 0 Å². The number of rotatable bonds is 3. The highest BCUT2D eigenvalue weighted by Crippen LogP contribution is 2.18. The molecule has 0 heterocycles. The molecular weight excluding hydrogens is 157 g/mol. The summed E-state index contributed by atoms with van der Waals surface area (Å²) < 4.78 is 17.9. The molecule has 0 saturated heterocycles. The third kappa shape index (κ3) is 1.95. The summed E-state index contributed by atoms with van der Waals surface area (Å²) in [6, 6.07) is 4.37. The zero-order valence-electron chi connectivity index (χ0n) is 7.01. The van der Waals surface area contributed by atoms with Crippen LogP contribution in [-0.2, 0) is 6.54 Å². The van der Waals surface area contributed by atoms with Crippen LogP contribution >= 0.6 is 0 Å². The molecule has 0 fully saturated rings. The van der Waals surface area contributed by atoms with Crippen LogP contribution in [0.1, 0.15) is 12.5 Å². The normalized spacial score (nSPS) is 9.92. The average Bonchev–Trinajstić information content (AvgIpc) is 2.05. The van der Waals surface area contributed by atoms with Gasteiger partial charge in [-0.2, -0.15) is 0 Å². The summed E-state index contributed by atoms with van der Waals surface area (Å²) in [5.41, 5.74) is 6.26. The van der Waals surface area contributed by atoms with E-state index in [-0.39, 0.29) is 5.82 Å². The van der Waals surface area contributed by atoms with Crippen molar-refractivity contribution in [3.05, 3.63) is 29.6 Å². The lowest BCUT2D eigenvalue weighted by Gasteiger charge is -2.07. The van der Waals surface area contributed by atoms with Crippen molar-refractivity contribution in [3.63, 3.8) is 0 Å².